The first-order chi connectivity index (χ1) is 14.8. The van der Waals surface area contributed by atoms with Gasteiger partial charge < -0.3 is 15.5 Å². The number of allylic oxidation sites excluding steroid dienone is 6. The van der Waals surface area contributed by atoms with Crippen molar-refractivity contribution < 1.29 is 22.2 Å². The molecule has 0 radical (unpaired) electrons. The molecule has 0 aromatic heterocycles. The Morgan fingerprint density at radius 2 is 1.61 bits per heavy atom. The Hall–Kier alpha value is -2.83. The van der Waals surface area contributed by atoms with Crippen molar-refractivity contribution in [2.45, 2.75) is 37.7 Å². The quantitative estimate of drug-likeness (QED) is 0.321. The fourth-order valence-corrected chi connectivity index (χ4v) is 3.78. The Balaban J connectivity index is 0.000000401. The topological polar surface area (TPSA) is 37.6 Å². The van der Waals surface area contributed by atoms with E-state index in [1.54, 1.807) is 6.20 Å². The molecule has 1 N–H and O–H groups in total. The molecular formula is C27H26FeN2O. The molecule has 158 valence electrons. The molecule has 1 saturated carbocycles. The molecule has 0 amide bonds. The third kappa shape index (κ3) is 5.87. The number of rotatable bonds is 1. The first-order valence-corrected chi connectivity index (χ1v) is 10.5. The maximum absolute atomic E-state index is 10.7. The van der Waals surface area contributed by atoms with E-state index >= 15 is 0 Å². The van der Waals surface area contributed by atoms with Gasteiger partial charge in [-0.2, -0.15) is 18.2 Å². The Labute approximate surface area is 195 Å². The standard InChI is InChI=1S/C22H21N2O.C5H5.Fe/c25-22(14-7-2-8-15-22)16-13-19-17-23-24(20-11-3-1-4-12-20)21(19)18-9-5-6-10-18;1-2-4-5-3-1;/h1,3-6,9-12,17,25H,2,7-8,14-15H2;1-5H;/q2*-1;+2. The molecule has 1 fully saturated rings. The van der Waals surface area contributed by atoms with Gasteiger partial charge in [0, 0.05) is 17.0 Å². The van der Waals surface area contributed by atoms with Crippen LogP contribution in [0.3, 0.4) is 0 Å². The molecule has 1 aliphatic heterocycles. The molecule has 3 nitrogen and oxygen atoms in total. The molecule has 0 bridgehead atoms. The molecule has 0 unspecified atom stereocenters. The third-order valence-corrected chi connectivity index (χ3v) is 5.37. The maximum atomic E-state index is 10.7. The van der Waals surface area contributed by atoms with Gasteiger partial charge in [-0.15, -0.1) is 6.20 Å². The van der Waals surface area contributed by atoms with Crippen LogP contribution in [0.2, 0.25) is 0 Å². The fraction of sp³-hybridized carbons (Fsp3) is 0.222. The average molecular weight is 450 g/mol. The summed E-state index contributed by atoms with van der Waals surface area (Å²) >= 11 is 0. The zero-order chi connectivity index (χ0) is 20.7. The van der Waals surface area contributed by atoms with Gasteiger partial charge in [0.15, 0.2) is 0 Å². The van der Waals surface area contributed by atoms with Gasteiger partial charge in [-0.25, -0.2) is 12.1 Å². The monoisotopic (exact) mass is 450 g/mol. The van der Waals surface area contributed by atoms with E-state index in [1.165, 1.54) is 6.42 Å². The van der Waals surface area contributed by atoms with Crippen LogP contribution in [0.1, 0.15) is 32.1 Å². The zero-order valence-corrected chi connectivity index (χ0v) is 18.5. The predicted molar refractivity (Wildman–Crippen MR) is 124 cm³/mol. The number of aliphatic hydroxyl groups is 1. The summed E-state index contributed by atoms with van der Waals surface area (Å²) in [5.74, 6) is 6.35. The maximum Gasteiger partial charge on any atom is 2.00 e. The number of benzene rings is 1. The van der Waals surface area contributed by atoms with E-state index in [0.29, 0.717) is 0 Å². The minimum Gasteiger partial charge on any atom is -0.595 e. The SMILES string of the molecule is OC1(C#CC2=C[N-]N(c3ccccc3)C2=C2C=CC=C2)CCCCC1.[Fe+2].c1cc[cH-]c1. The number of hydrogen-bond donors (Lipinski definition) is 1. The summed E-state index contributed by atoms with van der Waals surface area (Å²) in [6.45, 7) is 0. The van der Waals surface area contributed by atoms with Gasteiger partial charge in [0.2, 0.25) is 0 Å². The summed E-state index contributed by atoms with van der Waals surface area (Å²) in [5.41, 5.74) is 7.63. The Morgan fingerprint density at radius 3 is 2.23 bits per heavy atom. The van der Waals surface area contributed by atoms with E-state index < -0.39 is 5.60 Å². The van der Waals surface area contributed by atoms with E-state index in [2.05, 4.69) is 29.4 Å². The van der Waals surface area contributed by atoms with Crippen LogP contribution in [0.5, 0.6) is 0 Å². The van der Waals surface area contributed by atoms with Crippen molar-refractivity contribution in [3.63, 3.8) is 0 Å². The second-order valence-electron chi connectivity index (χ2n) is 7.63. The van der Waals surface area contributed by atoms with Crippen molar-refractivity contribution in [1.29, 1.82) is 0 Å². The van der Waals surface area contributed by atoms with Gasteiger partial charge in [-0.1, -0.05) is 60.8 Å². The summed E-state index contributed by atoms with van der Waals surface area (Å²) in [7, 11) is 0. The van der Waals surface area contributed by atoms with Gasteiger partial charge in [0.25, 0.3) is 0 Å². The summed E-state index contributed by atoms with van der Waals surface area (Å²) in [5, 5.41) is 12.6. The smallest absolute Gasteiger partial charge is 0.595 e. The zero-order valence-electron chi connectivity index (χ0n) is 17.4. The first kappa shape index (κ1) is 22.8. The van der Waals surface area contributed by atoms with Gasteiger partial charge in [-0.05, 0) is 43.4 Å². The van der Waals surface area contributed by atoms with Crippen LogP contribution in [0, 0.1) is 11.8 Å². The van der Waals surface area contributed by atoms with Gasteiger partial charge in [0.05, 0.1) is 0 Å². The van der Waals surface area contributed by atoms with Crippen LogP contribution in [-0.4, -0.2) is 10.7 Å². The van der Waals surface area contributed by atoms with Crippen LogP contribution < -0.4 is 5.01 Å². The minimum atomic E-state index is -0.851. The summed E-state index contributed by atoms with van der Waals surface area (Å²) < 4.78 is 0. The van der Waals surface area contributed by atoms with E-state index in [4.69, 9.17) is 0 Å². The molecule has 31 heavy (non-hydrogen) atoms. The molecule has 4 heteroatoms. The number of para-hydroxylation sites is 1. The molecule has 3 aliphatic rings. The summed E-state index contributed by atoms with van der Waals surface area (Å²) in [6, 6.07) is 20.1. The van der Waals surface area contributed by atoms with Crippen LogP contribution in [0.25, 0.3) is 5.43 Å². The molecule has 2 aromatic rings. The van der Waals surface area contributed by atoms with Crippen molar-refractivity contribution in [1.82, 2.24) is 0 Å². The van der Waals surface area contributed by atoms with Crippen molar-refractivity contribution in [2.24, 2.45) is 0 Å². The van der Waals surface area contributed by atoms with Crippen molar-refractivity contribution in [3.8, 4) is 11.8 Å². The van der Waals surface area contributed by atoms with Crippen molar-refractivity contribution >= 4 is 5.69 Å². The third-order valence-electron chi connectivity index (χ3n) is 5.37. The molecule has 2 aliphatic carbocycles. The first-order valence-electron chi connectivity index (χ1n) is 10.5. The average Bonchev–Trinajstić information content (AvgIpc) is 3.57. The van der Waals surface area contributed by atoms with Crippen LogP contribution in [-0.2, 0) is 17.1 Å². The predicted octanol–water partition coefficient (Wildman–Crippen LogP) is 6.16. The fourth-order valence-electron chi connectivity index (χ4n) is 3.78. The van der Waals surface area contributed by atoms with Gasteiger partial charge in [0.1, 0.15) is 5.60 Å². The number of anilines is 1. The molecule has 5 rings (SSSR count). The number of hydrogen-bond acceptors (Lipinski definition) is 2. The molecule has 0 atom stereocenters. The second-order valence-corrected chi connectivity index (χ2v) is 7.63. The summed E-state index contributed by atoms with van der Waals surface area (Å²) in [4.78, 5) is 0. The van der Waals surface area contributed by atoms with Crippen LogP contribution in [0.4, 0.5) is 5.69 Å². The summed E-state index contributed by atoms with van der Waals surface area (Å²) in [6.07, 6.45) is 14.8. The van der Waals surface area contributed by atoms with Gasteiger partial charge in [-0.3, -0.25) is 0 Å². The van der Waals surface area contributed by atoms with E-state index in [0.717, 1.165) is 48.2 Å². The van der Waals surface area contributed by atoms with E-state index in [1.807, 2.05) is 77.8 Å². The van der Waals surface area contributed by atoms with Crippen LogP contribution in [0.15, 0.2) is 108 Å². The van der Waals surface area contributed by atoms with Gasteiger partial charge >= 0.3 is 17.1 Å². The van der Waals surface area contributed by atoms with Crippen molar-refractivity contribution in [2.75, 3.05) is 5.01 Å². The normalized spacial score (nSPS) is 18.2. The minimum absolute atomic E-state index is 0. The molecule has 2 aromatic carbocycles. The van der Waals surface area contributed by atoms with Crippen LogP contribution >= 0.6 is 0 Å². The van der Waals surface area contributed by atoms with E-state index in [9.17, 15) is 5.11 Å². The molecule has 0 spiro atoms. The van der Waals surface area contributed by atoms with Crippen molar-refractivity contribution in [3.05, 3.63) is 113 Å². The largest absolute Gasteiger partial charge is 2.00 e. The molecule has 1 heterocycles. The van der Waals surface area contributed by atoms with E-state index in [-0.39, 0.29) is 17.1 Å². The second kappa shape index (κ2) is 11.0. The Kier molecular flexibility index (Phi) is 8.09. The molecular weight excluding hydrogens is 424 g/mol. The number of nitrogens with zero attached hydrogens (tertiary/aromatic N) is 2. The Bertz CT molecular complexity index is 983. The molecule has 0 saturated heterocycles. The Morgan fingerprint density at radius 1 is 0.935 bits per heavy atom.